The quantitative estimate of drug-likeness (QED) is 0.470. The third-order valence-corrected chi connectivity index (χ3v) is 8.01. The van der Waals surface area contributed by atoms with Crippen molar-refractivity contribution in [2.45, 2.75) is 56.9 Å². The Morgan fingerprint density at radius 1 is 1.00 bits per heavy atom. The molecule has 0 aromatic heterocycles. The highest BCUT2D eigenvalue weighted by Crippen LogP contribution is 2.56. The summed E-state index contributed by atoms with van der Waals surface area (Å²) in [4.78, 5) is 36.8. The minimum absolute atomic E-state index is 0.0157. The van der Waals surface area contributed by atoms with Crippen molar-refractivity contribution in [2.75, 3.05) is 13.2 Å². The van der Waals surface area contributed by atoms with Gasteiger partial charge in [0.15, 0.2) is 0 Å². The summed E-state index contributed by atoms with van der Waals surface area (Å²) < 4.78 is 5.58. The van der Waals surface area contributed by atoms with Crippen molar-refractivity contribution in [3.63, 3.8) is 0 Å². The molecule has 0 spiro atoms. The predicted molar refractivity (Wildman–Crippen MR) is 131 cm³/mol. The van der Waals surface area contributed by atoms with E-state index in [-0.39, 0.29) is 36.7 Å². The number of hydrogen-bond acceptors (Lipinski definition) is 4. The molecule has 3 N–H and O–H groups in total. The predicted octanol–water partition coefficient (Wildman–Crippen LogP) is 4.46. The lowest BCUT2D eigenvalue weighted by Crippen LogP contribution is -2.51. The van der Waals surface area contributed by atoms with Gasteiger partial charge in [0, 0.05) is 18.9 Å². The molecule has 2 saturated carbocycles. The summed E-state index contributed by atoms with van der Waals surface area (Å²) in [6.07, 6.45) is 4.96. The van der Waals surface area contributed by atoms with Gasteiger partial charge in [0.05, 0.1) is 0 Å². The minimum atomic E-state index is -1.01. The Morgan fingerprint density at radius 3 is 2.17 bits per heavy atom. The number of carboxylic acids is 1. The summed E-state index contributed by atoms with van der Waals surface area (Å²) in [5.41, 5.74) is 4.67. The summed E-state index contributed by atoms with van der Waals surface area (Å²) in [5, 5.41) is 14.7. The molecule has 7 heteroatoms. The number of amides is 2. The molecule has 7 nitrogen and oxygen atoms in total. The number of aliphatic carboxylic acids is 1. The van der Waals surface area contributed by atoms with E-state index in [9.17, 15) is 14.4 Å². The van der Waals surface area contributed by atoms with Crippen LogP contribution in [0.15, 0.2) is 48.5 Å². The van der Waals surface area contributed by atoms with E-state index in [1.54, 1.807) is 0 Å². The maximum Gasteiger partial charge on any atom is 0.407 e. The molecule has 2 aromatic carbocycles. The number of hydrogen-bond donors (Lipinski definition) is 3. The molecule has 3 aliphatic carbocycles. The first-order valence-corrected chi connectivity index (χ1v) is 12.6. The van der Waals surface area contributed by atoms with Crippen molar-refractivity contribution in [1.29, 1.82) is 0 Å². The van der Waals surface area contributed by atoms with E-state index < -0.39 is 18.1 Å². The molecule has 0 bridgehead atoms. The van der Waals surface area contributed by atoms with Gasteiger partial charge in [-0.15, -0.1) is 0 Å². The molecular weight excluding hydrogens is 444 g/mol. The van der Waals surface area contributed by atoms with Gasteiger partial charge in [-0.05, 0) is 65.7 Å². The van der Waals surface area contributed by atoms with Crippen LogP contribution in [0.5, 0.6) is 0 Å². The van der Waals surface area contributed by atoms with Crippen molar-refractivity contribution < 1.29 is 24.2 Å². The highest BCUT2D eigenvalue weighted by atomic mass is 16.5. The Morgan fingerprint density at radius 2 is 1.63 bits per heavy atom. The standard InChI is InChI=1S/C28H32N2O5/c31-25(32)13-12-24(26(33)29-17-28(14-5-15-28)18-10-11-18)30-27(34)35-16-23-21-8-3-1-6-19(21)20-7-2-4-9-22(20)23/h1-4,6-9,18,23-24H,5,10-17H2,(H,29,33)(H,30,34)(H,31,32). The SMILES string of the molecule is O=C(O)CCC(NC(=O)OCC1c2ccccc2-c2ccccc21)C(=O)NCC1(C2CC2)CCC1. The Bertz CT molecular complexity index is 1080. The van der Waals surface area contributed by atoms with Gasteiger partial charge in [0.1, 0.15) is 12.6 Å². The number of ether oxygens (including phenoxy) is 1. The van der Waals surface area contributed by atoms with Gasteiger partial charge in [-0.1, -0.05) is 55.0 Å². The second kappa shape index (κ2) is 9.72. The zero-order chi connectivity index (χ0) is 24.4. The highest BCUT2D eigenvalue weighted by Gasteiger charge is 2.49. The normalized spacial score (nSPS) is 18.5. The van der Waals surface area contributed by atoms with Gasteiger partial charge in [0.25, 0.3) is 0 Å². The van der Waals surface area contributed by atoms with Gasteiger partial charge in [-0.3, -0.25) is 9.59 Å². The lowest BCUT2D eigenvalue weighted by atomic mass is 9.65. The Hall–Kier alpha value is -3.35. The molecule has 2 aromatic rings. The largest absolute Gasteiger partial charge is 0.481 e. The van der Waals surface area contributed by atoms with Crippen LogP contribution < -0.4 is 10.6 Å². The third-order valence-electron chi connectivity index (χ3n) is 8.01. The number of rotatable bonds is 10. The van der Waals surface area contributed by atoms with Crippen LogP contribution in [0, 0.1) is 11.3 Å². The molecule has 5 rings (SSSR count). The van der Waals surface area contributed by atoms with Crippen LogP contribution in [0.3, 0.4) is 0 Å². The first kappa shape index (κ1) is 23.4. The number of benzene rings is 2. The van der Waals surface area contributed by atoms with Crippen LogP contribution in [0.25, 0.3) is 11.1 Å². The molecule has 1 atom stereocenters. The zero-order valence-electron chi connectivity index (χ0n) is 19.8. The van der Waals surface area contributed by atoms with Crippen LogP contribution in [-0.2, 0) is 14.3 Å². The fourth-order valence-electron chi connectivity index (χ4n) is 5.76. The molecule has 0 aliphatic heterocycles. The average Bonchev–Trinajstić information content (AvgIpc) is 3.62. The molecule has 0 heterocycles. The summed E-state index contributed by atoms with van der Waals surface area (Å²) >= 11 is 0. The molecule has 1 unspecified atom stereocenters. The monoisotopic (exact) mass is 476 g/mol. The number of fused-ring (bicyclic) bond motifs is 3. The second-order valence-corrected chi connectivity index (χ2v) is 10.2. The van der Waals surface area contributed by atoms with Crippen molar-refractivity contribution in [3.8, 4) is 11.1 Å². The summed E-state index contributed by atoms with van der Waals surface area (Å²) in [7, 11) is 0. The van der Waals surface area contributed by atoms with Gasteiger partial charge in [0.2, 0.25) is 5.91 Å². The van der Waals surface area contributed by atoms with Gasteiger partial charge >= 0.3 is 12.1 Å². The van der Waals surface area contributed by atoms with Crippen LogP contribution in [0.1, 0.15) is 62.0 Å². The molecule has 184 valence electrons. The summed E-state index contributed by atoms with van der Waals surface area (Å²) in [5.74, 6) is -0.752. The van der Waals surface area contributed by atoms with Crippen LogP contribution in [-0.4, -0.2) is 42.3 Å². The van der Waals surface area contributed by atoms with Crippen molar-refractivity contribution in [1.82, 2.24) is 10.6 Å². The van der Waals surface area contributed by atoms with Crippen molar-refractivity contribution in [2.24, 2.45) is 11.3 Å². The molecule has 2 fully saturated rings. The lowest BCUT2D eigenvalue weighted by molar-refractivity contribution is -0.137. The number of carboxylic acid groups (broad SMARTS) is 1. The minimum Gasteiger partial charge on any atom is -0.481 e. The number of alkyl carbamates (subject to hydrolysis) is 1. The maximum atomic E-state index is 12.9. The Kier molecular flexibility index (Phi) is 6.50. The topological polar surface area (TPSA) is 105 Å². The zero-order valence-corrected chi connectivity index (χ0v) is 19.8. The molecule has 0 saturated heterocycles. The van der Waals surface area contributed by atoms with Gasteiger partial charge < -0.3 is 20.5 Å². The maximum absolute atomic E-state index is 12.9. The molecule has 35 heavy (non-hydrogen) atoms. The van der Waals surface area contributed by atoms with Gasteiger partial charge in [-0.25, -0.2) is 4.79 Å². The first-order chi connectivity index (χ1) is 17.0. The van der Waals surface area contributed by atoms with Crippen LogP contribution in [0.4, 0.5) is 4.79 Å². The smallest absolute Gasteiger partial charge is 0.407 e. The highest BCUT2D eigenvalue weighted by molar-refractivity contribution is 5.86. The molecule has 3 aliphatic rings. The van der Waals surface area contributed by atoms with Crippen LogP contribution >= 0.6 is 0 Å². The third kappa shape index (κ3) is 4.90. The summed E-state index contributed by atoms with van der Waals surface area (Å²) in [6, 6.07) is 15.2. The van der Waals surface area contributed by atoms with E-state index in [0.29, 0.717) is 12.5 Å². The van der Waals surface area contributed by atoms with E-state index in [1.807, 2.05) is 36.4 Å². The van der Waals surface area contributed by atoms with E-state index in [0.717, 1.165) is 35.1 Å². The van der Waals surface area contributed by atoms with E-state index in [1.165, 1.54) is 19.3 Å². The average molecular weight is 477 g/mol. The fraction of sp³-hybridized carbons (Fsp3) is 0.464. The van der Waals surface area contributed by atoms with Crippen LogP contribution in [0.2, 0.25) is 0 Å². The fourth-order valence-corrected chi connectivity index (χ4v) is 5.76. The number of nitrogens with one attached hydrogen (secondary N) is 2. The van der Waals surface area contributed by atoms with Crippen molar-refractivity contribution in [3.05, 3.63) is 59.7 Å². The Labute approximate surface area is 205 Å². The Balaban J connectivity index is 1.20. The van der Waals surface area contributed by atoms with E-state index >= 15 is 0 Å². The lowest BCUT2D eigenvalue weighted by Gasteiger charge is -2.43. The van der Waals surface area contributed by atoms with Gasteiger partial charge in [-0.2, -0.15) is 0 Å². The number of carbonyl (C=O) groups is 3. The summed E-state index contributed by atoms with van der Waals surface area (Å²) in [6.45, 7) is 0.727. The second-order valence-electron chi connectivity index (χ2n) is 10.2. The molecular formula is C28H32N2O5. The number of carbonyl (C=O) groups excluding carboxylic acids is 2. The van der Waals surface area contributed by atoms with E-state index in [4.69, 9.17) is 9.84 Å². The molecule has 0 radical (unpaired) electrons. The molecule has 2 amide bonds. The van der Waals surface area contributed by atoms with Crippen molar-refractivity contribution >= 4 is 18.0 Å². The first-order valence-electron chi connectivity index (χ1n) is 12.6. The van der Waals surface area contributed by atoms with E-state index in [2.05, 4.69) is 22.8 Å².